The first kappa shape index (κ1) is 12.4. The molecule has 0 bridgehead atoms. The van der Waals surface area contributed by atoms with Gasteiger partial charge in [-0.2, -0.15) is 0 Å². The van der Waals surface area contributed by atoms with Crippen molar-refractivity contribution in [1.82, 2.24) is 4.90 Å². The number of halogens is 3. The molecule has 1 fully saturated rings. The number of rotatable bonds is 2. The zero-order valence-electron chi connectivity index (χ0n) is 8.92. The van der Waals surface area contributed by atoms with Gasteiger partial charge < -0.3 is 4.90 Å². The molecule has 1 aromatic rings. The van der Waals surface area contributed by atoms with Crippen LogP contribution in [0.1, 0.15) is 11.5 Å². The second kappa shape index (κ2) is 4.67. The van der Waals surface area contributed by atoms with E-state index in [1.165, 1.54) is 18.2 Å². The highest BCUT2D eigenvalue weighted by Crippen LogP contribution is 2.37. The molecule has 1 aliphatic rings. The normalized spacial score (nSPS) is 15.6. The average molecular weight is 274 g/mol. The van der Waals surface area contributed by atoms with Crippen LogP contribution >= 0.6 is 23.2 Å². The van der Waals surface area contributed by atoms with Crippen LogP contribution in [0, 0.1) is 5.82 Å². The zero-order chi connectivity index (χ0) is 12.6. The Morgan fingerprint density at radius 1 is 1.47 bits per heavy atom. The fraction of sp³-hybridized carbons (Fsp3) is 0.250. The summed E-state index contributed by atoms with van der Waals surface area (Å²) in [5.41, 5.74) is 0.396. The van der Waals surface area contributed by atoms with Crippen molar-refractivity contribution in [3.63, 3.8) is 0 Å². The molecule has 5 heteroatoms. The molecule has 1 amide bonds. The second-order valence-electron chi connectivity index (χ2n) is 3.90. The molecule has 0 N–H and O–H groups in total. The van der Waals surface area contributed by atoms with E-state index in [1.807, 2.05) is 0 Å². The van der Waals surface area contributed by atoms with Crippen LogP contribution in [-0.4, -0.2) is 23.9 Å². The van der Waals surface area contributed by atoms with Gasteiger partial charge in [-0.3, -0.25) is 4.79 Å². The van der Waals surface area contributed by atoms with Crippen molar-refractivity contribution < 1.29 is 9.18 Å². The molecule has 0 aliphatic carbocycles. The van der Waals surface area contributed by atoms with E-state index in [0.717, 1.165) is 0 Å². The smallest absolute Gasteiger partial charge is 0.245 e. The Bertz CT molecular complexity index is 484. The Balaban J connectivity index is 2.19. The first-order valence-electron chi connectivity index (χ1n) is 5.09. The Morgan fingerprint density at radius 2 is 2.12 bits per heavy atom. The SMILES string of the molecule is C=CC(=O)N1CC(c2c(F)ccc(Cl)c2Cl)C1. The zero-order valence-corrected chi connectivity index (χ0v) is 10.4. The van der Waals surface area contributed by atoms with E-state index in [-0.39, 0.29) is 22.7 Å². The van der Waals surface area contributed by atoms with E-state index >= 15 is 0 Å². The lowest BCUT2D eigenvalue weighted by Crippen LogP contribution is -2.48. The minimum absolute atomic E-state index is 0.0925. The third-order valence-corrected chi connectivity index (χ3v) is 3.67. The van der Waals surface area contributed by atoms with E-state index < -0.39 is 0 Å². The molecule has 2 nitrogen and oxygen atoms in total. The molecule has 1 heterocycles. The van der Waals surface area contributed by atoms with Gasteiger partial charge in [0.2, 0.25) is 5.91 Å². The van der Waals surface area contributed by atoms with Gasteiger partial charge in [-0.25, -0.2) is 4.39 Å². The highest BCUT2D eigenvalue weighted by molar-refractivity contribution is 6.42. The van der Waals surface area contributed by atoms with Gasteiger partial charge in [-0.1, -0.05) is 29.8 Å². The number of hydrogen-bond donors (Lipinski definition) is 0. The van der Waals surface area contributed by atoms with E-state index in [4.69, 9.17) is 23.2 Å². The van der Waals surface area contributed by atoms with Crippen molar-refractivity contribution in [2.24, 2.45) is 0 Å². The number of benzene rings is 1. The van der Waals surface area contributed by atoms with E-state index in [0.29, 0.717) is 23.7 Å². The van der Waals surface area contributed by atoms with Gasteiger partial charge in [0.25, 0.3) is 0 Å². The van der Waals surface area contributed by atoms with Crippen LogP contribution in [0.25, 0.3) is 0 Å². The van der Waals surface area contributed by atoms with Crippen molar-refractivity contribution in [3.05, 3.63) is 46.2 Å². The standard InChI is InChI=1S/C12H10Cl2FNO/c1-2-10(17)16-5-7(6-16)11-9(15)4-3-8(13)12(11)14/h2-4,7H,1,5-6H2. The molecule has 1 saturated heterocycles. The Hall–Kier alpha value is -1.06. The van der Waals surface area contributed by atoms with Crippen LogP contribution in [0.15, 0.2) is 24.8 Å². The summed E-state index contributed by atoms with van der Waals surface area (Å²) in [6, 6.07) is 2.72. The summed E-state index contributed by atoms with van der Waals surface area (Å²) in [6.45, 7) is 4.29. The van der Waals surface area contributed by atoms with Crippen LogP contribution in [-0.2, 0) is 4.79 Å². The van der Waals surface area contributed by atoms with E-state index in [1.54, 1.807) is 4.90 Å². The number of likely N-dealkylation sites (tertiary alicyclic amines) is 1. The van der Waals surface area contributed by atoms with Gasteiger partial charge in [0.05, 0.1) is 10.0 Å². The predicted molar refractivity (Wildman–Crippen MR) is 65.9 cm³/mol. The molecule has 1 aliphatic heterocycles. The summed E-state index contributed by atoms with van der Waals surface area (Å²) in [5.74, 6) is -0.625. The molecule has 0 unspecified atom stereocenters. The molecule has 2 rings (SSSR count). The number of hydrogen-bond acceptors (Lipinski definition) is 1. The summed E-state index contributed by atoms with van der Waals surface area (Å²) in [7, 11) is 0. The second-order valence-corrected chi connectivity index (χ2v) is 4.69. The molecule has 1 aromatic carbocycles. The molecule has 0 spiro atoms. The lowest BCUT2D eigenvalue weighted by atomic mass is 9.91. The minimum atomic E-state index is -0.380. The minimum Gasteiger partial charge on any atom is -0.338 e. The molecular formula is C12H10Cl2FNO. The summed E-state index contributed by atoms with van der Waals surface area (Å²) in [6.07, 6.45) is 1.24. The Labute approximate surface area is 109 Å². The highest BCUT2D eigenvalue weighted by atomic mass is 35.5. The van der Waals surface area contributed by atoms with Gasteiger partial charge in [-0.05, 0) is 18.2 Å². The van der Waals surface area contributed by atoms with Crippen LogP contribution in [0.3, 0.4) is 0 Å². The third-order valence-electron chi connectivity index (χ3n) is 2.86. The average Bonchev–Trinajstić information content (AvgIpc) is 2.26. The molecule has 17 heavy (non-hydrogen) atoms. The third kappa shape index (κ3) is 2.17. The molecule has 0 atom stereocenters. The maximum Gasteiger partial charge on any atom is 0.245 e. The Morgan fingerprint density at radius 3 is 2.71 bits per heavy atom. The van der Waals surface area contributed by atoms with E-state index in [9.17, 15) is 9.18 Å². The van der Waals surface area contributed by atoms with Gasteiger partial charge in [-0.15, -0.1) is 0 Å². The monoisotopic (exact) mass is 273 g/mol. The number of nitrogens with zero attached hydrogens (tertiary/aromatic N) is 1. The van der Waals surface area contributed by atoms with Gasteiger partial charge >= 0.3 is 0 Å². The summed E-state index contributed by atoms with van der Waals surface area (Å²) in [4.78, 5) is 12.8. The molecular weight excluding hydrogens is 264 g/mol. The van der Waals surface area contributed by atoms with Crippen LogP contribution in [0.5, 0.6) is 0 Å². The van der Waals surface area contributed by atoms with Crippen molar-refractivity contribution in [3.8, 4) is 0 Å². The molecule has 0 radical (unpaired) electrons. The lowest BCUT2D eigenvalue weighted by Gasteiger charge is -2.39. The fourth-order valence-corrected chi connectivity index (χ4v) is 2.36. The molecule has 0 saturated carbocycles. The summed E-state index contributed by atoms with van der Waals surface area (Å²) >= 11 is 11.8. The van der Waals surface area contributed by atoms with Gasteiger partial charge in [0.1, 0.15) is 5.82 Å². The largest absolute Gasteiger partial charge is 0.338 e. The number of carbonyl (C=O) groups is 1. The number of amides is 1. The van der Waals surface area contributed by atoms with Crippen molar-refractivity contribution in [1.29, 1.82) is 0 Å². The van der Waals surface area contributed by atoms with Crippen molar-refractivity contribution in [2.75, 3.05) is 13.1 Å². The first-order valence-corrected chi connectivity index (χ1v) is 5.85. The maximum absolute atomic E-state index is 13.6. The van der Waals surface area contributed by atoms with Crippen molar-refractivity contribution in [2.45, 2.75) is 5.92 Å². The van der Waals surface area contributed by atoms with Gasteiger partial charge in [0.15, 0.2) is 0 Å². The summed E-state index contributed by atoms with van der Waals surface area (Å²) in [5, 5.41) is 0.568. The maximum atomic E-state index is 13.6. The highest BCUT2D eigenvalue weighted by Gasteiger charge is 2.34. The van der Waals surface area contributed by atoms with Crippen LogP contribution in [0.2, 0.25) is 10.0 Å². The topological polar surface area (TPSA) is 20.3 Å². The molecule has 90 valence electrons. The van der Waals surface area contributed by atoms with Crippen LogP contribution < -0.4 is 0 Å². The number of carbonyl (C=O) groups excluding carboxylic acids is 1. The Kier molecular flexibility index (Phi) is 3.40. The van der Waals surface area contributed by atoms with Crippen molar-refractivity contribution >= 4 is 29.1 Å². The predicted octanol–water partition coefficient (Wildman–Crippen LogP) is 3.24. The fourth-order valence-electron chi connectivity index (χ4n) is 1.89. The first-order chi connectivity index (χ1) is 8.04. The summed E-state index contributed by atoms with van der Waals surface area (Å²) < 4.78 is 13.6. The quantitative estimate of drug-likeness (QED) is 0.599. The van der Waals surface area contributed by atoms with Crippen LogP contribution in [0.4, 0.5) is 4.39 Å². The van der Waals surface area contributed by atoms with Gasteiger partial charge in [0, 0.05) is 24.6 Å². The molecule has 0 aromatic heterocycles. The lowest BCUT2D eigenvalue weighted by molar-refractivity contribution is -0.130. The van der Waals surface area contributed by atoms with E-state index in [2.05, 4.69) is 6.58 Å².